The van der Waals surface area contributed by atoms with Crippen molar-refractivity contribution < 1.29 is 18.3 Å². The second-order valence-corrected chi connectivity index (χ2v) is 10.8. The number of benzene rings is 2. The van der Waals surface area contributed by atoms with E-state index in [-0.39, 0.29) is 16.7 Å². The van der Waals surface area contributed by atoms with Gasteiger partial charge < -0.3 is 19.0 Å². The number of halogens is 3. The zero-order valence-corrected chi connectivity index (χ0v) is 21.5. The molecule has 34 heavy (non-hydrogen) atoms. The summed E-state index contributed by atoms with van der Waals surface area (Å²) in [6.45, 7) is 11.2. The summed E-state index contributed by atoms with van der Waals surface area (Å²) in [6, 6.07) is 6.93. The lowest BCUT2D eigenvalue weighted by molar-refractivity contribution is 0.0998. The molecule has 0 saturated carbocycles. The number of aryl methyl sites for hydroxylation is 3. The second kappa shape index (κ2) is 8.49. The molecule has 2 heterocycles. The number of nitrogens with zero attached hydrogens (tertiary/aromatic N) is 1. The third-order valence-electron chi connectivity index (χ3n) is 6.03. The topological polar surface area (TPSA) is 39.2 Å². The molecular weight excluding hydrogens is 458 g/mol. The zero-order valence-electron chi connectivity index (χ0n) is 20.7. The molecule has 0 spiro atoms. The van der Waals surface area contributed by atoms with Gasteiger partial charge in [0.25, 0.3) is 0 Å². The number of hydrogen-bond donors (Lipinski definition) is 1. The highest BCUT2D eigenvalue weighted by molar-refractivity contribution is 6.37. The fourth-order valence-corrected chi connectivity index (χ4v) is 4.54. The van der Waals surface area contributed by atoms with E-state index in [1.54, 1.807) is 27.7 Å². The van der Waals surface area contributed by atoms with E-state index in [4.69, 9.17) is 21.1 Å². The fourth-order valence-electron chi connectivity index (χ4n) is 4.28. The highest BCUT2D eigenvalue weighted by atomic mass is 35.5. The Labute approximate surface area is 203 Å². The molecule has 7 heteroatoms. The summed E-state index contributed by atoms with van der Waals surface area (Å²) in [5.41, 5.74) is 1.42. The molecule has 0 aliphatic heterocycles. The van der Waals surface area contributed by atoms with Gasteiger partial charge in [0, 0.05) is 41.3 Å². The molecule has 4 aromatic rings. The molecule has 0 amide bonds. The number of aromatic nitrogens is 2. The van der Waals surface area contributed by atoms with Gasteiger partial charge >= 0.3 is 0 Å². The maximum absolute atomic E-state index is 15.2. The van der Waals surface area contributed by atoms with Gasteiger partial charge in [-0.15, -0.1) is 0 Å². The quantitative estimate of drug-likeness (QED) is 0.300. The third kappa shape index (κ3) is 4.61. The standard InChI is InChI=1S/C27H31ClF2N2O2/c1-15-18(31-25-17(29)14-21(24(30)22(15)25)33-26(2,3)4)10-12-27(5,6)34-20-9-8-19-16(23(20)28)11-13-32(19)7/h8-9,11,13-14,31H,10,12H2,1-7H3. The number of nitrogens with one attached hydrogen (secondary N) is 1. The average Bonchev–Trinajstić information content (AvgIpc) is 3.26. The molecule has 1 N–H and O–H groups in total. The minimum atomic E-state index is -0.639. The molecular formula is C27H31ClF2N2O2. The van der Waals surface area contributed by atoms with Crippen LogP contribution in [0.25, 0.3) is 21.8 Å². The lowest BCUT2D eigenvalue weighted by atomic mass is 9.99. The van der Waals surface area contributed by atoms with Crippen LogP contribution in [0, 0.1) is 18.6 Å². The normalized spacial score (nSPS) is 12.6. The maximum Gasteiger partial charge on any atom is 0.174 e. The van der Waals surface area contributed by atoms with Gasteiger partial charge in [0.05, 0.1) is 10.5 Å². The molecule has 0 saturated heterocycles. The van der Waals surface area contributed by atoms with Crippen LogP contribution in [-0.2, 0) is 13.5 Å². The minimum absolute atomic E-state index is 0.0826. The molecule has 0 bridgehead atoms. The molecule has 2 aromatic carbocycles. The van der Waals surface area contributed by atoms with E-state index in [1.807, 2.05) is 49.9 Å². The Hall–Kier alpha value is -2.73. The van der Waals surface area contributed by atoms with Crippen LogP contribution in [0.1, 0.15) is 52.3 Å². The van der Waals surface area contributed by atoms with Crippen molar-refractivity contribution in [1.29, 1.82) is 0 Å². The van der Waals surface area contributed by atoms with Gasteiger partial charge in [-0.25, -0.2) is 8.78 Å². The SMILES string of the molecule is Cc1c(CCC(C)(C)Oc2ccc3c(ccn3C)c2Cl)[nH]c2c(F)cc(OC(C)(C)C)c(F)c12. The summed E-state index contributed by atoms with van der Waals surface area (Å²) in [5.74, 6) is -0.561. The van der Waals surface area contributed by atoms with Crippen molar-refractivity contribution in [2.24, 2.45) is 7.05 Å². The first kappa shape index (κ1) is 24.4. The van der Waals surface area contributed by atoms with E-state index in [9.17, 15) is 4.39 Å². The van der Waals surface area contributed by atoms with Crippen molar-refractivity contribution in [3.05, 3.63) is 58.4 Å². The summed E-state index contributed by atoms with van der Waals surface area (Å²) >= 11 is 6.61. The number of fused-ring (bicyclic) bond motifs is 2. The van der Waals surface area contributed by atoms with Crippen LogP contribution in [0.15, 0.2) is 30.5 Å². The van der Waals surface area contributed by atoms with Crippen molar-refractivity contribution in [1.82, 2.24) is 9.55 Å². The highest BCUT2D eigenvalue weighted by Crippen LogP contribution is 2.37. The van der Waals surface area contributed by atoms with Gasteiger partial charge in [-0.3, -0.25) is 0 Å². The van der Waals surface area contributed by atoms with Crippen LogP contribution in [0.5, 0.6) is 11.5 Å². The fraction of sp³-hybridized carbons (Fsp3) is 0.407. The Balaban J connectivity index is 1.58. The molecule has 182 valence electrons. The molecule has 2 aromatic heterocycles. The summed E-state index contributed by atoms with van der Waals surface area (Å²) in [5, 5.41) is 1.73. The average molecular weight is 489 g/mol. The molecule has 0 radical (unpaired) electrons. The second-order valence-electron chi connectivity index (χ2n) is 10.5. The number of rotatable bonds is 6. The Kier molecular flexibility index (Phi) is 6.09. The molecule has 4 nitrogen and oxygen atoms in total. The molecule has 0 atom stereocenters. The third-order valence-corrected chi connectivity index (χ3v) is 6.42. The van der Waals surface area contributed by atoms with E-state index in [2.05, 4.69) is 4.98 Å². The summed E-state index contributed by atoms with van der Waals surface area (Å²) in [7, 11) is 1.97. The number of hydrogen-bond acceptors (Lipinski definition) is 2. The Morgan fingerprint density at radius 2 is 1.74 bits per heavy atom. The predicted octanol–water partition coefficient (Wildman–Crippen LogP) is 7.87. The van der Waals surface area contributed by atoms with E-state index >= 15 is 4.39 Å². The first-order valence-corrected chi connectivity index (χ1v) is 11.8. The summed E-state index contributed by atoms with van der Waals surface area (Å²) in [6.07, 6.45) is 3.12. The van der Waals surface area contributed by atoms with Crippen molar-refractivity contribution in [2.45, 2.75) is 65.6 Å². The maximum atomic E-state index is 15.2. The summed E-state index contributed by atoms with van der Waals surface area (Å²) in [4.78, 5) is 3.08. The monoisotopic (exact) mass is 488 g/mol. The lowest BCUT2D eigenvalue weighted by Gasteiger charge is -2.27. The molecule has 0 fully saturated rings. The first-order valence-electron chi connectivity index (χ1n) is 11.4. The minimum Gasteiger partial charge on any atom is -0.486 e. The molecule has 0 aliphatic carbocycles. The first-order chi connectivity index (χ1) is 15.8. The van der Waals surface area contributed by atoms with Crippen LogP contribution in [-0.4, -0.2) is 20.8 Å². The van der Waals surface area contributed by atoms with Crippen LogP contribution in [0.4, 0.5) is 8.78 Å². The predicted molar refractivity (Wildman–Crippen MR) is 134 cm³/mol. The summed E-state index contributed by atoms with van der Waals surface area (Å²) < 4.78 is 44.0. The largest absolute Gasteiger partial charge is 0.486 e. The van der Waals surface area contributed by atoms with Gasteiger partial charge in [-0.2, -0.15) is 0 Å². The van der Waals surface area contributed by atoms with Gasteiger partial charge in [0.15, 0.2) is 17.4 Å². The molecule has 0 aliphatic rings. The van der Waals surface area contributed by atoms with Crippen molar-refractivity contribution in [2.75, 3.05) is 0 Å². The van der Waals surface area contributed by atoms with Gasteiger partial charge in [0.1, 0.15) is 17.0 Å². The smallest absolute Gasteiger partial charge is 0.174 e. The van der Waals surface area contributed by atoms with E-state index in [0.717, 1.165) is 22.7 Å². The molecule has 0 unspecified atom stereocenters. The van der Waals surface area contributed by atoms with Crippen molar-refractivity contribution in [3.63, 3.8) is 0 Å². The van der Waals surface area contributed by atoms with Crippen molar-refractivity contribution in [3.8, 4) is 11.5 Å². The van der Waals surface area contributed by atoms with E-state index in [0.29, 0.717) is 29.2 Å². The Morgan fingerprint density at radius 3 is 2.41 bits per heavy atom. The molecule has 4 rings (SSSR count). The number of aromatic amines is 1. The van der Waals surface area contributed by atoms with Gasteiger partial charge in [0.2, 0.25) is 0 Å². The Bertz CT molecular complexity index is 1380. The highest BCUT2D eigenvalue weighted by Gasteiger charge is 2.26. The van der Waals surface area contributed by atoms with Gasteiger partial charge in [-0.05, 0) is 78.1 Å². The lowest BCUT2D eigenvalue weighted by Crippen LogP contribution is -2.29. The van der Waals surface area contributed by atoms with E-state index in [1.165, 1.54) is 0 Å². The van der Waals surface area contributed by atoms with Crippen LogP contribution < -0.4 is 9.47 Å². The Morgan fingerprint density at radius 1 is 1.03 bits per heavy atom. The zero-order chi connectivity index (χ0) is 25.0. The van der Waals surface area contributed by atoms with Crippen LogP contribution in [0.2, 0.25) is 5.02 Å². The van der Waals surface area contributed by atoms with Crippen LogP contribution >= 0.6 is 11.6 Å². The van der Waals surface area contributed by atoms with Crippen LogP contribution in [0.3, 0.4) is 0 Å². The van der Waals surface area contributed by atoms with Crippen molar-refractivity contribution >= 4 is 33.4 Å². The number of ether oxygens (including phenoxy) is 2. The number of H-pyrrole nitrogens is 1. The van der Waals surface area contributed by atoms with E-state index < -0.39 is 22.8 Å². The van der Waals surface area contributed by atoms with Gasteiger partial charge in [-0.1, -0.05) is 11.6 Å².